The molecule has 1 aliphatic heterocycles. The summed E-state index contributed by atoms with van der Waals surface area (Å²) >= 11 is 0. The number of benzene rings is 1. The van der Waals surface area contributed by atoms with Crippen LogP contribution < -0.4 is 5.32 Å². The Labute approximate surface area is 129 Å². The minimum absolute atomic E-state index is 0.178. The van der Waals surface area contributed by atoms with Gasteiger partial charge in [-0.2, -0.15) is 22.9 Å². The molecular formula is C14H13F4N5. The summed E-state index contributed by atoms with van der Waals surface area (Å²) in [6.07, 6.45) is -3.87. The number of alkyl halides is 3. The van der Waals surface area contributed by atoms with Crippen LogP contribution in [0, 0.1) is 5.82 Å². The lowest BCUT2D eigenvalue weighted by Crippen LogP contribution is -2.31. The van der Waals surface area contributed by atoms with E-state index in [0.717, 1.165) is 10.2 Å². The summed E-state index contributed by atoms with van der Waals surface area (Å²) in [5.41, 5.74) is 0.805. The fourth-order valence-electron chi connectivity index (χ4n) is 2.34. The maximum absolute atomic E-state index is 12.9. The average Bonchev–Trinajstić information content (AvgIpc) is 2.91. The van der Waals surface area contributed by atoms with Gasteiger partial charge in [-0.05, 0) is 24.6 Å². The lowest BCUT2D eigenvalue weighted by atomic mass is 10.1. The van der Waals surface area contributed by atoms with Crippen molar-refractivity contribution in [2.75, 3.05) is 0 Å². The van der Waals surface area contributed by atoms with Crippen LogP contribution in [0.2, 0.25) is 0 Å². The van der Waals surface area contributed by atoms with Crippen molar-refractivity contribution in [1.29, 1.82) is 0 Å². The van der Waals surface area contributed by atoms with Gasteiger partial charge in [0.05, 0.1) is 0 Å². The van der Waals surface area contributed by atoms with E-state index in [1.807, 2.05) is 6.92 Å². The first kappa shape index (κ1) is 15.4. The van der Waals surface area contributed by atoms with Gasteiger partial charge < -0.3 is 5.32 Å². The normalized spacial score (nSPS) is 15.8. The first-order valence-electron chi connectivity index (χ1n) is 6.96. The van der Waals surface area contributed by atoms with Gasteiger partial charge in [-0.3, -0.25) is 0 Å². The van der Waals surface area contributed by atoms with Crippen molar-refractivity contribution in [2.24, 2.45) is 5.10 Å². The van der Waals surface area contributed by atoms with E-state index in [1.165, 1.54) is 12.1 Å². The zero-order chi connectivity index (χ0) is 16.6. The molecule has 1 aromatic carbocycles. The molecule has 0 spiro atoms. The molecule has 3 rings (SSSR count). The second-order valence-corrected chi connectivity index (χ2v) is 5.21. The van der Waals surface area contributed by atoms with E-state index >= 15 is 0 Å². The predicted molar refractivity (Wildman–Crippen MR) is 74.1 cm³/mol. The van der Waals surface area contributed by atoms with Crippen molar-refractivity contribution in [3.63, 3.8) is 0 Å². The molecule has 1 N–H and O–H groups in total. The molecule has 0 unspecified atom stereocenters. The number of fused-ring (bicyclic) bond motifs is 1. The van der Waals surface area contributed by atoms with Gasteiger partial charge in [0.25, 0.3) is 5.82 Å². The molecule has 0 bridgehead atoms. The molecule has 0 saturated heterocycles. The minimum atomic E-state index is -4.61. The highest BCUT2D eigenvalue weighted by Crippen LogP contribution is 2.29. The van der Waals surface area contributed by atoms with E-state index in [1.54, 1.807) is 12.1 Å². The topological polar surface area (TPSA) is 55.1 Å². The van der Waals surface area contributed by atoms with Gasteiger partial charge in [0, 0.05) is 18.9 Å². The third-order valence-electron chi connectivity index (χ3n) is 3.52. The summed E-state index contributed by atoms with van der Waals surface area (Å²) in [5.74, 6) is -0.905. The molecule has 9 heteroatoms. The quantitative estimate of drug-likeness (QED) is 0.863. The zero-order valence-electron chi connectivity index (χ0n) is 12.1. The lowest BCUT2D eigenvalue weighted by molar-refractivity contribution is -0.147. The maximum Gasteiger partial charge on any atom is 0.453 e. The third kappa shape index (κ3) is 3.17. The van der Waals surface area contributed by atoms with Crippen molar-refractivity contribution in [1.82, 2.24) is 20.2 Å². The third-order valence-corrected chi connectivity index (χ3v) is 3.52. The van der Waals surface area contributed by atoms with Crippen LogP contribution in [-0.4, -0.2) is 20.7 Å². The van der Waals surface area contributed by atoms with E-state index in [4.69, 9.17) is 0 Å². The van der Waals surface area contributed by atoms with Crippen LogP contribution in [0.4, 0.5) is 17.6 Å². The summed E-state index contributed by atoms with van der Waals surface area (Å²) in [5, 5.41) is 13.7. The molecule has 0 radical (unpaired) electrons. The number of aryl methyl sites for hydroxylation is 1. The molecule has 2 aromatic rings. The highest BCUT2D eigenvalue weighted by atomic mass is 19.4. The van der Waals surface area contributed by atoms with Crippen LogP contribution in [0.25, 0.3) is 0 Å². The minimum Gasteiger partial charge on any atom is -0.366 e. The Morgan fingerprint density at radius 2 is 1.83 bits per heavy atom. The summed E-state index contributed by atoms with van der Waals surface area (Å²) in [7, 11) is 0. The van der Waals surface area contributed by atoms with Crippen molar-refractivity contribution >= 4 is 5.84 Å². The van der Waals surface area contributed by atoms with Crippen LogP contribution in [-0.2, 0) is 12.6 Å². The van der Waals surface area contributed by atoms with Crippen LogP contribution >= 0.6 is 0 Å². The van der Waals surface area contributed by atoms with E-state index < -0.39 is 12.0 Å². The Morgan fingerprint density at radius 1 is 1.13 bits per heavy atom. The Kier molecular flexibility index (Phi) is 3.78. The second kappa shape index (κ2) is 5.64. The molecule has 1 aromatic heterocycles. The summed E-state index contributed by atoms with van der Waals surface area (Å²) < 4.78 is 52.2. The van der Waals surface area contributed by atoms with E-state index in [2.05, 4.69) is 20.6 Å². The Hall–Kier alpha value is -2.45. The Balaban J connectivity index is 1.82. The lowest BCUT2D eigenvalue weighted by Gasteiger charge is -2.20. The van der Waals surface area contributed by atoms with Gasteiger partial charge in [-0.1, -0.05) is 12.1 Å². The number of hydrogen-bond donors (Lipinski definition) is 1. The monoisotopic (exact) mass is 327 g/mol. The smallest absolute Gasteiger partial charge is 0.366 e. The molecule has 0 aliphatic carbocycles. The number of nitrogens with one attached hydrogen (secondary N) is 1. The highest BCUT2D eigenvalue weighted by Gasteiger charge is 2.39. The van der Waals surface area contributed by atoms with Crippen molar-refractivity contribution in [3.05, 3.63) is 47.3 Å². The molecule has 0 amide bonds. The van der Waals surface area contributed by atoms with Gasteiger partial charge in [0.1, 0.15) is 11.7 Å². The number of amidine groups is 1. The molecule has 1 atom stereocenters. The molecule has 1 aliphatic rings. The van der Waals surface area contributed by atoms with E-state index in [9.17, 15) is 17.6 Å². The predicted octanol–water partition coefficient (Wildman–Crippen LogP) is 2.89. The van der Waals surface area contributed by atoms with Crippen LogP contribution in [0.1, 0.15) is 36.6 Å². The first-order valence-corrected chi connectivity index (χ1v) is 6.96. The molecule has 2 heterocycles. The molecule has 0 saturated carbocycles. The standard InChI is InChI=1S/C14H13F4N5/c1-8(9-2-4-10(15)5-3-9)19-11-6-7-12-20-21-13(14(16,17)18)23(12)22-11/h2-5,8H,6-7H2,1H3,(H,19,22)/t8-/m1/s1. The number of nitrogens with zero attached hydrogens (tertiary/aromatic N) is 4. The van der Waals surface area contributed by atoms with Crippen molar-refractivity contribution in [2.45, 2.75) is 32.0 Å². The molecule has 122 valence electrons. The van der Waals surface area contributed by atoms with E-state index in [0.29, 0.717) is 18.7 Å². The SMILES string of the molecule is C[C@@H](NC1=Nn2c(nnc2C(F)(F)F)CC1)c1ccc(F)cc1. The summed E-state index contributed by atoms with van der Waals surface area (Å²) in [4.78, 5) is 0. The summed E-state index contributed by atoms with van der Waals surface area (Å²) in [6, 6.07) is 5.66. The number of hydrogen-bond acceptors (Lipinski definition) is 4. The van der Waals surface area contributed by atoms with Gasteiger partial charge in [-0.15, -0.1) is 10.2 Å². The second-order valence-electron chi connectivity index (χ2n) is 5.21. The number of aromatic nitrogens is 3. The van der Waals surface area contributed by atoms with Crippen LogP contribution in [0.15, 0.2) is 29.4 Å². The summed E-state index contributed by atoms with van der Waals surface area (Å²) in [6.45, 7) is 1.82. The fraction of sp³-hybridized carbons (Fsp3) is 0.357. The van der Waals surface area contributed by atoms with E-state index in [-0.39, 0.29) is 17.7 Å². The van der Waals surface area contributed by atoms with Crippen molar-refractivity contribution in [3.8, 4) is 0 Å². The number of halogens is 4. The average molecular weight is 327 g/mol. The van der Waals surface area contributed by atoms with Gasteiger partial charge >= 0.3 is 6.18 Å². The highest BCUT2D eigenvalue weighted by molar-refractivity contribution is 5.83. The Bertz CT molecular complexity index is 733. The largest absolute Gasteiger partial charge is 0.453 e. The molecule has 0 fully saturated rings. The van der Waals surface area contributed by atoms with Crippen molar-refractivity contribution < 1.29 is 17.6 Å². The Morgan fingerprint density at radius 3 is 2.48 bits per heavy atom. The molecular weight excluding hydrogens is 314 g/mol. The number of rotatable bonds is 2. The van der Waals surface area contributed by atoms with Gasteiger partial charge in [0.15, 0.2) is 5.82 Å². The van der Waals surface area contributed by atoms with Crippen LogP contribution in [0.5, 0.6) is 0 Å². The maximum atomic E-state index is 12.9. The molecule has 5 nitrogen and oxygen atoms in total. The van der Waals surface area contributed by atoms with Gasteiger partial charge in [0.2, 0.25) is 0 Å². The zero-order valence-corrected chi connectivity index (χ0v) is 12.1. The fourth-order valence-corrected chi connectivity index (χ4v) is 2.34. The van der Waals surface area contributed by atoms with Gasteiger partial charge in [-0.25, -0.2) is 4.39 Å². The molecule has 23 heavy (non-hydrogen) atoms. The first-order chi connectivity index (χ1) is 10.8. The van der Waals surface area contributed by atoms with Crippen LogP contribution in [0.3, 0.4) is 0 Å².